The Balaban J connectivity index is 1.12. The Morgan fingerprint density at radius 1 is 1.03 bits per heavy atom. The summed E-state index contributed by atoms with van der Waals surface area (Å²) < 4.78 is 12.4. The minimum atomic E-state index is -0.115. The third-order valence-electron chi connectivity index (χ3n) is 5.83. The van der Waals surface area contributed by atoms with Crippen LogP contribution in [0.15, 0.2) is 72.8 Å². The van der Waals surface area contributed by atoms with Crippen LogP contribution in [0.1, 0.15) is 15.9 Å². The first-order valence-corrected chi connectivity index (χ1v) is 12.6. The third kappa shape index (κ3) is 6.36. The molecular weight excluding hydrogens is 460 g/mol. The number of nitrogens with one attached hydrogen (secondary N) is 2. The maximum absolute atomic E-state index is 12.3. The van der Waals surface area contributed by atoms with Crippen molar-refractivity contribution in [3.63, 3.8) is 0 Å². The van der Waals surface area contributed by atoms with Gasteiger partial charge in [0, 0.05) is 37.4 Å². The fourth-order valence-corrected chi connectivity index (χ4v) is 4.75. The van der Waals surface area contributed by atoms with Gasteiger partial charge < -0.3 is 20.1 Å². The molecule has 1 aliphatic rings. The molecule has 3 aromatic carbocycles. The standard InChI is InChI=1S/C27H28N4O3S/c32-26(21-4-2-1-3-5-21)29-22-8-6-20(7-9-22)19-28-27-30-24-11-10-23(18-25(24)35-27)34-17-14-31-12-15-33-16-13-31/h1-11,18H,12-17,19H2,(H,28,30)(H,29,32). The zero-order valence-corrected chi connectivity index (χ0v) is 20.2. The van der Waals surface area contributed by atoms with Gasteiger partial charge in [-0.2, -0.15) is 0 Å². The first-order valence-electron chi connectivity index (χ1n) is 11.8. The van der Waals surface area contributed by atoms with Gasteiger partial charge in [-0.3, -0.25) is 9.69 Å². The minimum absolute atomic E-state index is 0.115. The largest absolute Gasteiger partial charge is 0.492 e. The van der Waals surface area contributed by atoms with Crippen LogP contribution in [0.25, 0.3) is 10.2 Å². The lowest BCUT2D eigenvalue weighted by Crippen LogP contribution is -2.38. The number of hydrogen-bond acceptors (Lipinski definition) is 7. The van der Waals surface area contributed by atoms with Crippen molar-refractivity contribution in [3.05, 3.63) is 83.9 Å². The molecule has 1 aliphatic heterocycles. The highest BCUT2D eigenvalue weighted by Gasteiger charge is 2.11. The van der Waals surface area contributed by atoms with Crippen LogP contribution < -0.4 is 15.4 Å². The molecular formula is C27H28N4O3S. The van der Waals surface area contributed by atoms with Gasteiger partial charge in [0.05, 0.1) is 23.4 Å². The van der Waals surface area contributed by atoms with E-state index >= 15 is 0 Å². The van der Waals surface area contributed by atoms with E-state index in [1.165, 1.54) is 0 Å². The second kappa shape index (κ2) is 11.3. The number of aromatic nitrogens is 1. The molecule has 1 saturated heterocycles. The van der Waals surface area contributed by atoms with Gasteiger partial charge in [0.2, 0.25) is 0 Å². The summed E-state index contributed by atoms with van der Waals surface area (Å²) in [5.74, 6) is 0.754. The highest BCUT2D eigenvalue weighted by atomic mass is 32.1. The van der Waals surface area contributed by atoms with Crippen molar-refractivity contribution in [2.24, 2.45) is 0 Å². The van der Waals surface area contributed by atoms with Crippen LogP contribution in [0.3, 0.4) is 0 Å². The summed E-state index contributed by atoms with van der Waals surface area (Å²) in [4.78, 5) is 19.4. The lowest BCUT2D eigenvalue weighted by molar-refractivity contribution is 0.0322. The Hall–Kier alpha value is -3.46. The number of anilines is 2. The molecule has 5 rings (SSSR count). The van der Waals surface area contributed by atoms with Crippen molar-refractivity contribution < 1.29 is 14.3 Å². The van der Waals surface area contributed by atoms with Crippen LogP contribution in [-0.4, -0.2) is 55.2 Å². The Morgan fingerprint density at radius 2 is 1.83 bits per heavy atom. The molecule has 0 atom stereocenters. The average Bonchev–Trinajstić information content (AvgIpc) is 3.32. The average molecular weight is 489 g/mol. The molecule has 0 unspecified atom stereocenters. The quantitative estimate of drug-likeness (QED) is 0.350. The Kier molecular flexibility index (Phi) is 7.53. The normalized spacial score (nSPS) is 14.1. The maximum atomic E-state index is 12.3. The smallest absolute Gasteiger partial charge is 0.255 e. The fourth-order valence-electron chi connectivity index (χ4n) is 3.86. The number of amides is 1. The van der Waals surface area contributed by atoms with Gasteiger partial charge in [-0.05, 0) is 48.0 Å². The summed E-state index contributed by atoms with van der Waals surface area (Å²) in [6.45, 7) is 5.77. The second-order valence-electron chi connectivity index (χ2n) is 8.32. The molecule has 0 bridgehead atoms. The minimum Gasteiger partial charge on any atom is -0.492 e. The Labute approximate surface area is 208 Å². The summed E-state index contributed by atoms with van der Waals surface area (Å²) in [6, 6.07) is 23.1. The van der Waals surface area contributed by atoms with E-state index in [4.69, 9.17) is 9.47 Å². The lowest BCUT2D eigenvalue weighted by atomic mass is 10.2. The number of carbonyl (C=O) groups is 1. The van der Waals surface area contributed by atoms with E-state index in [1.54, 1.807) is 23.5 Å². The van der Waals surface area contributed by atoms with Gasteiger partial charge in [-0.1, -0.05) is 41.7 Å². The third-order valence-corrected chi connectivity index (χ3v) is 6.81. The number of morpholine rings is 1. The summed E-state index contributed by atoms with van der Waals surface area (Å²) in [5, 5.41) is 7.20. The van der Waals surface area contributed by atoms with Gasteiger partial charge in [-0.25, -0.2) is 4.98 Å². The molecule has 0 radical (unpaired) electrons. The number of ether oxygens (including phenoxy) is 2. The number of benzene rings is 3. The van der Waals surface area contributed by atoms with Crippen molar-refractivity contribution in [3.8, 4) is 5.75 Å². The summed E-state index contributed by atoms with van der Waals surface area (Å²) in [6.07, 6.45) is 0. The molecule has 1 fully saturated rings. The molecule has 8 heteroatoms. The molecule has 0 aliphatic carbocycles. The highest BCUT2D eigenvalue weighted by molar-refractivity contribution is 7.22. The van der Waals surface area contributed by atoms with Crippen LogP contribution in [0, 0.1) is 0 Å². The van der Waals surface area contributed by atoms with E-state index in [0.29, 0.717) is 18.7 Å². The van der Waals surface area contributed by atoms with Crippen molar-refractivity contribution in [2.45, 2.75) is 6.54 Å². The van der Waals surface area contributed by atoms with Gasteiger partial charge in [0.1, 0.15) is 12.4 Å². The predicted octanol–water partition coefficient (Wildman–Crippen LogP) is 4.87. The van der Waals surface area contributed by atoms with Crippen molar-refractivity contribution in [2.75, 3.05) is 50.1 Å². The van der Waals surface area contributed by atoms with Gasteiger partial charge in [-0.15, -0.1) is 0 Å². The number of nitrogens with zero attached hydrogens (tertiary/aromatic N) is 2. The van der Waals surface area contributed by atoms with Crippen molar-refractivity contribution in [1.82, 2.24) is 9.88 Å². The fraction of sp³-hybridized carbons (Fsp3) is 0.259. The molecule has 180 valence electrons. The summed E-state index contributed by atoms with van der Waals surface area (Å²) in [7, 11) is 0. The number of thiazole rings is 1. The monoisotopic (exact) mass is 488 g/mol. The number of fused-ring (bicyclic) bond motifs is 1. The van der Waals surface area contributed by atoms with E-state index in [-0.39, 0.29) is 5.91 Å². The van der Waals surface area contributed by atoms with E-state index in [1.807, 2.05) is 54.6 Å². The lowest BCUT2D eigenvalue weighted by Gasteiger charge is -2.26. The summed E-state index contributed by atoms with van der Waals surface area (Å²) in [5.41, 5.74) is 3.47. The van der Waals surface area contributed by atoms with E-state index < -0.39 is 0 Å². The Morgan fingerprint density at radius 3 is 2.63 bits per heavy atom. The van der Waals surface area contributed by atoms with Crippen LogP contribution in [0.4, 0.5) is 10.8 Å². The molecule has 1 aromatic heterocycles. The van der Waals surface area contributed by atoms with E-state index in [0.717, 1.165) is 65.2 Å². The number of carbonyl (C=O) groups excluding carboxylic acids is 1. The molecule has 1 amide bonds. The van der Waals surface area contributed by atoms with E-state index in [2.05, 4.69) is 26.6 Å². The van der Waals surface area contributed by atoms with Gasteiger partial charge >= 0.3 is 0 Å². The van der Waals surface area contributed by atoms with Crippen molar-refractivity contribution in [1.29, 1.82) is 0 Å². The number of hydrogen-bond donors (Lipinski definition) is 2. The zero-order valence-electron chi connectivity index (χ0n) is 19.4. The van der Waals surface area contributed by atoms with Crippen LogP contribution in [0.5, 0.6) is 5.75 Å². The zero-order chi connectivity index (χ0) is 23.9. The molecule has 7 nitrogen and oxygen atoms in total. The highest BCUT2D eigenvalue weighted by Crippen LogP contribution is 2.29. The maximum Gasteiger partial charge on any atom is 0.255 e. The molecule has 0 saturated carbocycles. The van der Waals surface area contributed by atoms with Crippen LogP contribution in [-0.2, 0) is 11.3 Å². The first-order chi connectivity index (χ1) is 17.2. The molecule has 4 aromatic rings. The summed E-state index contributed by atoms with van der Waals surface area (Å²) >= 11 is 1.62. The Bertz CT molecular complexity index is 1250. The molecule has 35 heavy (non-hydrogen) atoms. The topological polar surface area (TPSA) is 75.7 Å². The van der Waals surface area contributed by atoms with Gasteiger partial charge in [0.25, 0.3) is 5.91 Å². The molecule has 2 heterocycles. The first kappa shape index (κ1) is 23.3. The van der Waals surface area contributed by atoms with Crippen LogP contribution in [0.2, 0.25) is 0 Å². The SMILES string of the molecule is O=C(Nc1ccc(CNc2nc3ccc(OCCN4CCOCC4)cc3s2)cc1)c1ccccc1. The van der Waals surface area contributed by atoms with Gasteiger partial charge in [0.15, 0.2) is 5.13 Å². The molecule has 0 spiro atoms. The van der Waals surface area contributed by atoms with Crippen LogP contribution >= 0.6 is 11.3 Å². The second-order valence-corrected chi connectivity index (χ2v) is 9.35. The molecule has 2 N–H and O–H groups in total. The van der Waals surface area contributed by atoms with Crippen molar-refractivity contribution >= 4 is 38.3 Å². The number of rotatable bonds is 9. The predicted molar refractivity (Wildman–Crippen MR) is 141 cm³/mol. The van der Waals surface area contributed by atoms with E-state index in [9.17, 15) is 4.79 Å².